The van der Waals surface area contributed by atoms with Gasteiger partial charge in [0.25, 0.3) is 0 Å². The molecule has 7 heteroatoms. The Morgan fingerprint density at radius 3 is 2.52 bits per heavy atom. The summed E-state index contributed by atoms with van der Waals surface area (Å²) < 4.78 is 5.33. The minimum absolute atomic E-state index is 0.0209. The van der Waals surface area contributed by atoms with E-state index in [1.807, 2.05) is 20.8 Å². The number of nitrogens with one attached hydrogen (secondary N) is 3. The monoisotopic (exact) mass is 295 g/mol. The highest BCUT2D eigenvalue weighted by molar-refractivity contribution is 5.82. The maximum absolute atomic E-state index is 11.8. The highest BCUT2D eigenvalue weighted by atomic mass is 16.5. The van der Waals surface area contributed by atoms with Crippen molar-refractivity contribution in [1.82, 2.24) is 15.3 Å². The van der Waals surface area contributed by atoms with Gasteiger partial charge in [-0.05, 0) is 20.8 Å². The summed E-state index contributed by atoms with van der Waals surface area (Å²) in [4.78, 5) is 20.5. The topological polar surface area (TPSA) is 88.2 Å². The van der Waals surface area contributed by atoms with E-state index in [9.17, 15) is 4.79 Å². The Balaban J connectivity index is 2.80. The minimum Gasteiger partial charge on any atom is -0.374 e. The van der Waals surface area contributed by atoms with Crippen LogP contribution in [0.5, 0.6) is 0 Å². The summed E-state index contributed by atoms with van der Waals surface area (Å²) in [6.07, 6.45) is 0. The van der Waals surface area contributed by atoms with Crippen LogP contribution in [0.4, 0.5) is 11.6 Å². The van der Waals surface area contributed by atoms with Crippen LogP contribution in [0, 0.1) is 5.41 Å². The van der Waals surface area contributed by atoms with Gasteiger partial charge in [-0.15, -0.1) is 0 Å². The average molecular weight is 295 g/mol. The van der Waals surface area contributed by atoms with E-state index >= 15 is 0 Å². The maximum atomic E-state index is 11.8. The molecule has 0 fully saturated rings. The lowest BCUT2D eigenvalue weighted by molar-refractivity contribution is -0.128. The zero-order valence-electron chi connectivity index (χ0n) is 13.4. The molecule has 0 unspecified atom stereocenters. The van der Waals surface area contributed by atoms with Crippen LogP contribution < -0.4 is 16.0 Å². The van der Waals surface area contributed by atoms with Gasteiger partial charge in [0, 0.05) is 33.3 Å². The molecule has 1 amide bonds. The molecule has 0 saturated carbocycles. The van der Waals surface area contributed by atoms with Gasteiger partial charge < -0.3 is 20.7 Å². The number of carbonyl (C=O) groups excluding carboxylic acids is 1. The second-order valence-corrected chi connectivity index (χ2v) is 5.26. The molecule has 3 N–H and O–H groups in total. The predicted molar refractivity (Wildman–Crippen MR) is 83.2 cm³/mol. The van der Waals surface area contributed by atoms with Crippen LogP contribution in [-0.4, -0.2) is 43.1 Å². The van der Waals surface area contributed by atoms with Gasteiger partial charge in [-0.25, -0.2) is 9.97 Å². The van der Waals surface area contributed by atoms with E-state index in [2.05, 4.69) is 25.9 Å². The van der Waals surface area contributed by atoms with Crippen molar-refractivity contribution >= 4 is 17.5 Å². The van der Waals surface area contributed by atoms with E-state index in [4.69, 9.17) is 4.74 Å². The number of hydrogen-bond donors (Lipinski definition) is 3. The van der Waals surface area contributed by atoms with Gasteiger partial charge in [0.2, 0.25) is 5.91 Å². The van der Waals surface area contributed by atoms with Crippen molar-refractivity contribution in [2.75, 3.05) is 37.9 Å². The number of aromatic nitrogens is 2. The quantitative estimate of drug-likeness (QED) is 0.669. The van der Waals surface area contributed by atoms with Crippen LogP contribution in [0.3, 0.4) is 0 Å². The van der Waals surface area contributed by atoms with Gasteiger partial charge >= 0.3 is 0 Å². The number of ether oxygens (including phenoxy) is 1. The largest absolute Gasteiger partial charge is 0.374 e. The third kappa shape index (κ3) is 5.18. The van der Waals surface area contributed by atoms with E-state index in [-0.39, 0.29) is 5.91 Å². The van der Waals surface area contributed by atoms with Crippen LogP contribution in [0.2, 0.25) is 0 Å². The lowest BCUT2D eigenvalue weighted by atomic mass is 9.92. The van der Waals surface area contributed by atoms with Gasteiger partial charge in [-0.2, -0.15) is 0 Å². The van der Waals surface area contributed by atoms with E-state index in [1.165, 1.54) is 0 Å². The second-order valence-electron chi connectivity index (χ2n) is 5.26. The molecule has 21 heavy (non-hydrogen) atoms. The van der Waals surface area contributed by atoms with E-state index in [0.717, 1.165) is 0 Å². The standard InChI is InChI=1S/C14H25N5O2/c1-6-21-8-12-18-10(15-4)7-11(19-12)17-9-14(2,3)13(20)16-5/h7H,6,8-9H2,1-5H3,(H,16,20)(H2,15,17,18,19). The highest BCUT2D eigenvalue weighted by Crippen LogP contribution is 2.18. The number of nitrogens with zero attached hydrogens (tertiary/aromatic N) is 2. The van der Waals surface area contributed by atoms with E-state index in [0.29, 0.717) is 37.2 Å². The molecule has 0 aromatic carbocycles. The Bertz CT molecular complexity index is 476. The van der Waals surface area contributed by atoms with Crippen LogP contribution >= 0.6 is 0 Å². The van der Waals surface area contributed by atoms with Crippen molar-refractivity contribution in [3.63, 3.8) is 0 Å². The van der Waals surface area contributed by atoms with Crippen molar-refractivity contribution < 1.29 is 9.53 Å². The van der Waals surface area contributed by atoms with Gasteiger partial charge in [-0.1, -0.05) is 0 Å². The lowest BCUT2D eigenvalue weighted by Crippen LogP contribution is -2.39. The van der Waals surface area contributed by atoms with E-state index < -0.39 is 5.41 Å². The summed E-state index contributed by atoms with van der Waals surface area (Å²) in [7, 11) is 3.43. The Morgan fingerprint density at radius 1 is 1.29 bits per heavy atom. The number of carbonyl (C=O) groups is 1. The van der Waals surface area contributed by atoms with Crippen molar-refractivity contribution in [3.05, 3.63) is 11.9 Å². The molecule has 0 radical (unpaired) electrons. The summed E-state index contributed by atoms with van der Waals surface area (Å²) in [6.45, 7) is 7.12. The third-order valence-corrected chi connectivity index (χ3v) is 3.02. The fourth-order valence-electron chi connectivity index (χ4n) is 1.70. The number of anilines is 2. The molecule has 0 saturated heterocycles. The smallest absolute Gasteiger partial charge is 0.227 e. The first-order chi connectivity index (χ1) is 9.92. The molecule has 0 bridgehead atoms. The average Bonchev–Trinajstić information content (AvgIpc) is 2.49. The molecular formula is C14H25N5O2. The number of rotatable bonds is 8. The van der Waals surface area contributed by atoms with Gasteiger partial charge in [0.05, 0.1) is 5.41 Å². The Labute approximate surface area is 125 Å². The van der Waals surface area contributed by atoms with Gasteiger partial charge in [0.1, 0.15) is 18.2 Å². The van der Waals surface area contributed by atoms with Crippen molar-refractivity contribution in [2.45, 2.75) is 27.4 Å². The Kier molecular flexibility index (Phi) is 6.36. The first kappa shape index (κ1) is 17.2. The second kappa shape index (κ2) is 7.78. The molecule has 0 aliphatic rings. The summed E-state index contributed by atoms with van der Waals surface area (Å²) >= 11 is 0. The molecule has 7 nitrogen and oxygen atoms in total. The van der Waals surface area contributed by atoms with Crippen molar-refractivity contribution in [1.29, 1.82) is 0 Å². The van der Waals surface area contributed by atoms with Crippen LogP contribution in [-0.2, 0) is 16.1 Å². The van der Waals surface area contributed by atoms with Crippen LogP contribution in [0.25, 0.3) is 0 Å². The molecule has 118 valence electrons. The lowest BCUT2D eigenvalue weighted by Gasteiger charge is -2.23. The van der Waals surface area contributed by atoms with Crippen molar-refractivity contribution in [2.24, 2.45) is 5.41 Å². The molecule has 0 spiro atoms. The van der Waals surface area contributed by atoms with Crippen molar-refractivity contribution in [3.8, 4) is 0 Å². The molecule has 0 atom stereocenters. The molecule has 1 aromatic heterocycles. The fraction of sp³-hybridized carbons (Fsp3) is 0.643. The van der Waals surface area contributed by atoms with Gasteiger partial charge in [0.15, 0.2) is 5.82 Å². The first-order valence-corrected chi connectivity index (χ1v) is 7.02. The molecule has 1 rings (SSSR count). The predicted octanol–water partition coefficient (Wildman–Crippen LogP) is 1.24. The molecule has 0 aliphatic heterocycles. The van der Waals surface area contributed by atoms with E-state index in [1.54, 1.807) is 20.2 Å². The SMILES string of the molecule is CCOCc1nc(NC)cc(NCC(C)(C)C(=O)NC)n1. The van der Waals surface area contributed by atoms with Crippen LogP contribution in [0.15, 0.2) is 6.07 Å². The zero-order valence-corrected chi connectivity index (χ0v) is 13.4. The summed E-state index contributed by atoms with van der Waals surface area (Å²) in [5.74, 6) is 1.96. The number of amides is 1. The number of hydrogen-bond acceptors (Lipinski definition) is 6. The Morgan fingerprint density at radius 2 is 1.95 bits per heavy atom. The summed E-state index contributed by atoms with van der Waals surface area (Å²) in [5, 5.41) is 8.83. The Hall–Kier alpha value is -1.89. The first-order valence-electron chi connectivity index (χ1n) is 7.02. The molecular weight excluding hydrogens is 270 g/mol. The van der Waals surface area contributed by atoms with Crippen LogP contribution in [0.1, 0.15) is 26.6 Å². The summed E-state index contributed by atoms with van der Waals surface area (Å²) in [6, 6.07) is 1.80. The fourth-order valence-corrected chi connectivity index (χ4v) is 1.70. The maximum Gasteiger partial charge on any atom is 0.227 e. The zero-order chi connectivity index (χ0) is 15.9. The summed E-state index contributed by atoms with van der Waals surface area (Å²) in [5.41, 5.74) is -0.528. The van der Waals surface area contributed by atoms with Gasteiger partial charge in [-0.3, -0.25) is 4.79 Å². The highest BCUT2D eigenvalue weighted by Gasteiger charge is 2.26. The molecule has 1 heterocycles. The molecule has 1 aromatic rings. The molecule has 0 aliphatic carbocycles. The normalized spacial score (nSPS) is 11.1. The third-order valence-electron chi connectivity index (χ3n) is 3.02. The minimum atomic E-state index is -0.528.